The Morgan fingerprint density at radius 2 is 1.58 bits per heavy atom. The Morgan fingerprint density at radius 1 is 0.962 bits per heavy atom. The van der Waals surface area contributed by atoms with E-state index >= 15 is 0 Å². The molecule has 286 valence electrons. The lowest BCUT2D eigenvalue weighted by Gasteiger charge is -2.40. The number of imidazole rings is 1. The number of rotatable bonds is 8. The zero-order chi connectivity index (χ0) is 38.6. The Bertz CT molecular complexity index is 1620. The van der Waals surface area contributed by atoms with Gasteiger partial charge in [0.15, 0.2) is 5.82 Å². The molecule has 13 nitrogen and oxygen atoms in total. The number of halogens is 6. The molecule has 4 heterocycles. The summed E-state index contributed by atoms with van der Waals surface area (Å²) in [5, 5.41) is 17.7. The first kappa shape index (κ1) is 41.6. The zero-order valence-electron chi connectivity index (χ0n) is 28.4. The van der Waals surface area contributed by atoms with Crippen molar-refractivity contribution < 1.29 is 60.5 Å². The number of alkyl halides is 6. The molecule has 52 heavy (non-hydrogen) atoms. The van der Waals surface area contributed by atoms with Gasteiger partial charge in [0, 0.05) is 57.7 Å². The van der Waals surface area contributed by atoms with Crippen molar-refractivity contribution in [3.63, 3.8) is 0 Å². The van der Waals surface area contributed by atoms with Gasteiger partial charge in [-0.05, 0) is 42.5 Å². The maximum Gasteiger partial charge on any atom is 0.490 e. The van der Waals surface area contributed by atoms with Crippen LogP contribution in [0.2, 0.25) is 0 Å². The highest BCUT2D eigenvalue weighted by molar-refractivity contribution is 5.95. The Balaban J connectivity index is 0.000000441. The Labute approximate surface area is 294 Å². The highest BCUT2D eigenvalue weighted by Gasteiger charge is 2.39. The highest BCUT2D eigenvalue weighted by atomic mass is 19.4. The number of aliphatic carboxylic acids is 2. The number of carboxylic acids is 2. The number of piperidine rings is 1. The van der Waals surface area contributed by atoms with E-state index in [4.69, 9.17) is 29.5 Å². The number of hydrogen-bond acceptors (Lipinski definition) is 8. The Hall–Kier alpha value is -4.78. The van der Waals surface area contributed by atoms with Gasteiger partial charge >= 0.3 is 24.3 Å². The first-order valence-corrected chi connectivity index (χ1v) is 16.2. The second-order valence-corrected chi connectivity index (χ2v) is 12.3. The molecule has 2 aliphatic rings. The van der Waals surface area contributed by atoms with E-state index in [1.54, 1.807) is 6.20 Å². The fourth-order valence-corrected chi connectivity index (χ4v) is 5.56. The summed E-state index contributed by atoms with van der Waals surface area (Å²) in [6, 6.07) is 11.8. The van der Waals surface area contributed by atoms with E-state index in [-0.39, 0.29) is 29.7 Å². The number of amides is 2. The number of nitrogens with zero attached hydrogens (tertiary/aromatic N) is 5. The summed E-state index contributed by atoms with van der Waals surface area (Å²) in [6.07, 6.45) is -5.13. The van der Waals surface area contributed by atoms with Gasteiger partial charge < -0.3 is 34.6 Å². The molecule has 0 unspecified atom stereocenters. The van der Waals surface area contributed by atoms with Crippen LogP contribution in [0.25, 0.3) is 11.0 Å². The summed E-state index contributed by atoms with van der Waals surface area (Å²) >= 11 is 0. The third kappa shape index (κ3) is 12.2. The normalized spacial score (nSPS) is 17.8. The van der Waals surface area contributed by atoms with Crippen molar-refractivity contribution in [2.45, 2.75) is 51.6 Å². The molecule has 0 radical (unpaired) electrons. The number of carboxylic acid groups (broad SMARTS) is 2. The van der Waals surface area contributed by atoms with Gasteiger partial charge in [0.05, 0.1) is 30.2 Å². The Kier molecular flexibility index (Phi) is 14.9. The molecule has 0 saturated carbocycles. The van der Waals surface area contributed by atoms with Gasteiger partial charge in [0.25, 0.3) is 5.91 Å². The maximum atomic E-state index is 14.3. The number of pyridine rings is 1. The fraction of sp³-hybridized carbons (Fsp3) is 0.515. The third-order valence-corrected chi connectivity index (χ3v) is 7.94. The molecule has 3 N–H and O–H groups in total. The summed E-state index contributed by atoms with van der Waals surface area (Å²) in [4.78, 5) is 58.2. The van der Waals surface area contributed by atoms with Gasteiger partial charge in [0.1, 0.15) is 0 Å². The van der Waals surface area contributed by atoms with E-state index in [2.05, 4.69) is 30.2 Å². The molecule has 0 aliphatic carbocycles. The minimum absolute atomic E-state index is 0.0765. The van der Waals surface area contributed by atoms with Crippen LogP contribution in [0.5, 0.6) is 0 Å². The summed E-state index contributed by atoms with van der Waals surface area (Å²) in [5.41, 5.74) is 2.88. The molecule has 2 saturated heterocycles. The van der Waals surface area contributed by atoms with Crippen LogP contribution in [0.4, 0.5) is 26.3 Å². The molecule has 2 aromatic heterocycles. The fourth-order valence-electron chi connectivity index (χ4n) is 5.56. The van der Waals surface area contributed by atoms with Crippen molar-refractivity contribution in [1.82, 2.24) is 29.7 Å². The lowest BCUT2D eigenvalue weighted by Crippen LogP contribution is -2.56. The number of carbonyl (C=O) groups is 4. The molecule has 19 heteroatoms. The van der Waals surface area contributed by atoms with Gasteiger partial charge in [-0.2, -0.15) is 26.3 Å². The lowest BCUT2D eigenvalue weighted by molar-refractivity contribution is -0.193. The first-order chi connectivity index (χ1) is 24.4. The quantitative estimate of drug-likeness (QED) is 0.288. The second kappa shape index (κ2) is 18.6. The number of para-hydroxylation sites is 2. The molecule has 0 bridgehead atoms. The number of fused-ring (bicyclic) bond motifs is 1. The third-order valence-electron chi connectivity index (χ3n) is 7.94. The van der Waals surface area contributed by atoms with Crippen LogP contribution >= 0.6 is 0 Å². The van der Waals surface area contributed by atoms with E-state index in [9.17, 15) is 35.9 Å². The topological polar surface area (TPSA) is 167 Å². The van der Waals surface area contributed by atoms with Crippen molar-refractivity contribution in [2.24, 2.45) is 11.8 Å². The molecule has 1 aromatic carbocycles. The summed E-state index contributed by atoms with van der Waals surface area (Å²) in [6.45, 7) is 9.23. The van der Waals surface area contributed by atoms with Gasteiger partial charge in [-0.3, -0.25) is 14.6 Å². The SMILES string of the molecule is CC(C)CN(C(=O)c1nc2ccccc2n1CCc1cccnc1)[C@@H]1CNC[C@H](C(=O)N2CCOCC2)C1.O=C(O)C(F)(F)F.O=C(O)C(F)(F)F. The molecule has 5 rings (SSSR count). The van der Waals surface area contributed by atoms with Gasteiger partial charge in [0.2, 0.25) is 5.91 Å². The molecular weight excluding hydrogens is 706 g/mol. The van der Waals surface area contributed by atoms with Crippen LogP contribution in [0.1, 0.15) is 36.5 Å². The number of aryl methyl sites for hydroxylation is 2. The second-order valence-electron chi connectivity index (χ2n) is 12.3. The van der Waals surface area contributed by atoms with E-state index in [0.29, 0.717) is 64.7 Å². The van der Waals surface area contributed by atoms with E-state index in [1.807, 2.05) is 50.9 Å². The number of hydrogen-bond donors (Lipinski definition) is 3. The molecule has 2 aliphatic heterocycles. The molecular formula is C33H40F6N6O7. The van der Waals surface area contributed by atoms with Gasteiger partial charge in [-0.15, -0.1) is 0 Å². The van der Waals surface area contributed by atoms with Crippen molar-refractivity contribution in [3.05, 3.63) is 60.2 Å². The average Bonchev–Trinajstić information content (AvgIpc) is 3.48. The minimum atomic E-state index is -5.08. The van der Waals surface area contributed by atoms with E-state index < -0.39 is 24.3 Å². The van der Waals surface area contributed by atoms with Crippen molar-refractivity contribution in [3.8, 4) is 0 Å². The largest absolute Gasteiger partial charge is 0.490 e. The molecule has 3 aromatic rings. The minimum Gasteiger partial charge on any atom is -0.475 e. The van der Waals surface area contributed by atoms with Crippen LogP contribution < -0.4 is 5.32 Å². The van der Waals surface area contributed by atoms with Crippen LogP contribution in [-0.2, 0) is 32.1 Å². The molecule has 2 amide bonds. The molecule has 2 atom stereocenters. The van der Waals surface area contributed by atoms with Crippen molar-refractivity contribution in [1.29, 1.82) is 0 Å². The standard InChI is InChI=1S/C29H38N6O3.2C2HF3O2/c1-21(2)20-35(24-16-23(18-31-19-24)28(36)33-12-14-38-15-13-33)29(37)27-32-25-7-3-4-8-26(25)34(27)11-9-22-6-5-10-30-17-22;2*3-2(4,5)1(6)7/h3-8,10,17,21,23-24,31H,9,11-16,18-20H2,1-2H3;2*(H,6,7)/t23-,24+;;/m1../s1. The highest BCUT2D eigenvalue weighted by Crippen LogP contribution is 2.24. The number of aromatic nitrogens is 3. The maximum absolute atomic E-state index is 14.3. The number of carbonyl (C=O) groups excluding carboxylic acids is 2. The number of benzene rings is 1. The van der Waals surface area contributed by atoms with E-state index in [1.165, 1.54) is 0 Å². The zero-order valence-corrected chi connectivity index (χ0v) is 28.4. The first-order valence-electron chi connectivity index (χ1n) is 16.2. The van der Waals surface area contributed by atoms with Gasteiger partial charge in [-0.25, -0.2) is 14.6 Å². The predicted octanol–water partition coefficient (Wildman–Crippen LogP) is 3.88. The summed E-state index contributed by atoms with van der Waals surface area (Å²) in [7, 11) is 0. The lowest BCUT2D eigenvalue weighted by atomic mass is 9.92. The Morgan fingerprint density at radius 3 is 2.13 bits per heavy atom. The van der Waals surface area contributed by atoms with Crippen LogP contribution in [0.15, 0.2) is 48.8 Å². The molecule has 0 spiro atoms. The van der Waals surface area contributed by atoms with Crippen LogP contribution in [0, 0.1) is 11.8 Å². The van der Waals surface area contributed by atoms with Crippen LogP contribution in [0.3, 0.4) is 0 Å². The monoisotopic (exact) mass is 746 g/mol. The summed E-state index contributed by atoms with van der Waals surface area (Å²) in [5.74, 6) is -4.85. The average molecular weight is 747 g/mol. The summed E-state index contributed by atoms with van der Waals surface area (Å²) < 4.78 is 70.9. The van der Waals surface area contributed by atoms with Crippen molar-refractivity contribution in [2.75, 3.05) is 45.9 Å². The number of morpholine rings is 1. The smallest absolute Gasteiger partial charge is 0.475 e. The van der Waals surface area contributed by atoms with Gasteiger partial charge in [-0.1, -0.05) is 32.0 Å². The molecule has 2 fully saturated rings. The van der Waals surface area contributed by atoms with E-state index in [0.717, 1.165) is 23.0 Å². The van der Waals surface area contributed by atoms with Crippen molar-refractivity contribution >= 4 is 34.8 Å². The van der Waals surface area contributed by atoms with Crippen LogP contribution in [-0.4, -0.2) is 123 Å². The predicted molar refractivity (Wildman–Crippen MR) is 173 cm³/mol. The number of ether oxygens (including phenoxy) is 1. The number of nitrogens with one attached hydrogen (secondary N) is 1.